The second-order valence-corrected chi connectivity index (χ2v) is 10.1. The molecular weight excluding hydrogens is 540 g/mol. The minimum Gasteiger partial charge on any atom is -0.481 e. The molecule has 1 saturated carbocycles. The standard InChI is InChI=1S/C31H26F4N2O4/c1-18(22-4-3-5-24(16-22)31(33,34)35)41-29(40)36-27-26(25(32)17-37(27)2)21-8-6-19(7-9-21)20-10-12-23(13-11-20)30(14-15-30)28(38)39/h3-13,16-18H,14-15H2,1-2H3,(H,36,40)(H,38,39)/t18-/m1/s1. The van der Waals surface area contributed by atoms with E-state index in [0.717, 1.165) is 28.8 Å². The Hall–Kier alpha value is -4.60. The van der Waals surface area contributed by atoms with Gasteiger partial charge in [-0.15, -0.1) is 0 Å². The molecule has 10 heteroatoms. The van der Waals surface area contributed by atoms with Crippen LogP contribution in [-0.4, -0.2) is 21.7 Å². The molecule has 1 atom stereocenters. The number of hydrogen-bond acceptors (Lipinski definition) is 3. The van der Waals surface area contributed by atoms with Crippen molar-refractivity contribution in [2.45, 2.75) is 37.5 Å². The van der Waals surface area contributed by atoms with Crippen molar-refractivity contribution in [2.24, 2.45) is 7.05 Å². The second-order valence-electron chi connectivity index (χ2n) is 10.1. The molecule has 2 N–H and O–H groups in total. The van der Waals surface area contributed by atoms with Gasteiger partial charge in [0.15, 0.2) is 5.82 Å². The number of aryl methyl sites for hydroxylation is 1. The third-order valence-corrected chi connectivity index (χ3v) is 7.43. The molecule has 1 aliphatic carbocycles. The molecule has 0 saturated heterocycles. The fourth-order valence-electron chi connectivity index (χ4n) is 4.90. The van der Waals surface area contributed by atoms with Crippen molar-refractivity contribution in [3.8, 4) is 22.3 Å². The van der Waals surface area contributed by atoms with Crippen LogP contribution in [0.15, 0.2) is 79.0 Å². The van der Waals surface area contributed by atoms with Crippen LogP contribution < -0.4 is 5.32 Å². The molecule has 0 bridgehead atoms. The number of halogens is 4. The maximum absolute atomic E-state index is 15.0. The monoisotopic (exact) mass is 566 g/mol. The molecule has 6 nitrogen and oxygen atoms in total. The zero-order valence-corrected chi connectivity index (χ0v) is 22.1. The molecule has 1 aromatic heterocycles. The molecule has 5 rings (SSSR count). The van der Waals surface area contributed by atoms with E-state index in [0.29, 0.717) is 18.4 Å². The van der Waals surface area contributed by atoms with Crippen LogP contribution in [0.25, 0.3) is 22.3 Å². The Labute approximate surface area is 233 Å². The number of benzene rings is 3. The first-order chi connectivity index (χ1) is 19.4. The SMILES string of the molecule is C[C@@H](OC(=O)Nc1c(-c2ccc(-c3ccc(C4(C(=O)O)CC4)cc3)cc2)c(F)cn1C)c1cccc(C(F)(F)F)c1. The number of anilines is 1. The highest BCUT2D eigenvalue weighted by atomic mass is 19.4. The average Bonchev–Trinajstić information content (AvgIpc) is 3.70. The Morgan fingerprint density at radius 3 is 2.12 bits per heavy atom. The summed E-state index contributed by atoms with van der Waals surface area (Å²) in [5.41, 5.74) is 1.57. The van der Waals surface area contributed by atoms with Crippen LogP contribution in [0.2, 0.25) is 0 Å². The van der Waals surface area contributed by atoms with Crippen molar-refractivity contribution in [1.82, 2.24) is 4.57 Å². The van der Waals surface area contributed by atoms with Crippen LogP contribution in [0.1, 0.15) is 42.6 Å². The number of nitrogens with zero attached hydrogens (tertiary/aromatic N) is 1. The van der Waals surface area contributed by atoms with Crippen LogP contribution in [0.5, 0.6) is 0 Å². The molecule has 1 fully saturated rings. The second kappa shape index (κ2) is 10.4. The number of rotatable bonds is 7. The highest BCUT2D eigenvalue weighted by Crippen LogP contribution is 2.48. The number of ether oxygens (including phenoxy) is 1. The summed E-state index contributed by atoms with van der Waals surface area (Å²) in [5.74, 6) is -1.30. The summed E-state index contributed by atoms with van der Waals surface area (Å²) in [6.45, 7) is 1.44. The van der Waals surface area contributed by atoms with Crippen LogP contribution in [0.3, 0.4) is 0 Å². The summed E-state index contributed by atoms with van der Waals surface area (Å²) >= 11 is 0. The van der Waals surface area contributed by atoms with Gasteiger partial charge < -0.3 is 14.4 Å². The normalized spacial score (nSPS) is 14.8. The maximum Gasteiger partial charge on any atom is 0.416 e. The van der Waals surface area contributed by atoms with E-state index >= 15 is 0 Å². The third kappa shape index (κ3) is 5.54. The Morgan fingerprint density at radius 2 is 1.56 bits per heavy atom. The molecule has 1 amide bonds. The topological polar surface area (TPSA) is 80.6 Å². The zero-order chi connectivity index (χ0) is 29.5. The van der Waals surface area contributed by atoms with E-state index in [1.54, 1.807) is 24.3 Å². The van der Waals surface area contributed by atoms with Crippen molar-refractivity contribution in [2.75, 3.05) is 5.32 Å². The van der Waals surface area contributed by atoms with Gasteiger partial charge in [-0.2, -0.15) is 13.2 Å². The molecule has 3 aromatic carbocycles. The van der Waals surface area contributed by atoms with E-state index < -0.39 is 41.1 Å². The summed E-state index contributed by atoms with van der Waals surface area (Å²) in [5, 5.41) is 12.0. The number of carbonyl (C=O) groups excluding carboxylic acids is 1. The number of hydrogen-bond donors (Lipinski definition) is 2. The largest absolute Gasteiger partial charge is 0.481 e. The lowest BCUT2D eigenvalue weighted by Gasteiger charge is -2.17. The smallest absolute Gasteiger partial charge is 0.416 e. The van der Waals surface area contributed by atoms with Crippen LogP contribution in [0.4, 0.5) is 28.2 Å². The average molecular weight is 567 g/mol. The molecule has 41 heavy (non-hydrogen) atoms. The maximum atomic E-state index is 15.0. The minimum absolute atomic E-state index is 0.115. The van der Waals surface area contributed by atoms with Crippen molar-refractivity contribution in [3.63, 3.8) is 0 Å². The van der Waals surface area contributed by atoms with Gasteiger partial charge in [0.25, 0.3) is 0 Å². The molecule has 0 aliphatic heterocycles. The summed E-state index contributed by atoms with van der Waals surface area (Å²) in [6.07, 6.45) is -4.05. The summed E-state index contributed by atoms with van der Waals surface area (Å²) in [4.78, 5) is 24.3. The first-order valence-electron chi connectivity index (χ1n) is 12.8. The van der Waals surface area contributed by atoms with Gasteiger partial charge in [-0.25, -0.2) is 9.18 Å². The molecule has 1 aliphatic rings. The third-order valence-electron chi connectivity index (χ3n) is 7.43. The fraction of sp³-hybridized carbons (Fsp3) is 0.226. The van der Waals surface area contributed by atoms with Crippen molar-refractivity contribution >= 4 is 17.9 Å². The molecule has 4 aromatic rings. The van der Waals surface area contributed by atoms with Gasteiger partial charge in [0.2, 0.25) is 0 Å². The number of nitrogens with one attached hydrogen (secondary N) is 1. The first-order valence-corrected chi connectivity index (χ1v) is 12.8. The Kier molecular flexibility index (Phi) is 7.10. The highest BCUT2D eigenvalue weighted by Gasteiger charge is 2.51. The molecular formula is C31H26F4N2O4. The Bertz CT molecular complexity index is 1600. The van der Waals surface area contributed by atoms with E-state index in [2.05, 4.69) is 5.32 Å². The van der Waals surface area contributed by atoms with E-state index in [4.69, 9.17) is 4.74 Å². The van der Waals surface area contributed by atoms with E-state index in [1.807, 2.05) is 24.3 Å². The van der Waals surface area contributed by atoms with Gasteiger partial charge in [-0.05, 0) is 59.7 Å². The van der Waals surface area contributed by atoms with Crippen LogP contribution >= 0.6 is 0 Å². The lowest BCUT2D eigenvalue weighted by Crippen LogP contribution is -2.19. The summed E-state index contributed by atoms with van der Waals surface area (Å²) in [6, 6.07) is 18.8. The molecule has 0 unspecified atom stereocenters. The summed E-state index contributed by atoms with van der Waals surface area (Å²) in [7, 11) is 1.54. The van der Waals surface area contributed by atoms with Gasteiger partial charge in [-0.1, -0.05) is 60.7 Å². The van der Waals surface area contributed by atoms with Gasteiger partial charge >= 0.3 is 18.2 Å². The molecule has 1 heterocycles. The number of aromatic nitrogens is 1. The van der Waals surface area contributed by atoms with Crippen molar-refractivity contribution in [1.29, 1.82) is 0 Å². The molecule has 212 valence electrons. The van der Waals surface area contributed by atoms with Crippen LogP contribution in [0, 0.1) is 5.82 Å². The van der Waals surface area contributed by atoms with E-state index in [1.165, 1.54) is 36.9 Å². The lowest BCUT2D eigenvalue weighted by molar-refractivity contribution is -0.140. The van der Waals surface area contributed by atoms with E-state index in [-0.39, 0.29) is 16.9 Å². The Balaban J connectivity index is 1.32. The predicted molar refractivity (Wildman–Crippen MR) is 145 cm³/mol. The van der Waals surface area contributed by atoms with Crippen LogP contribution in [-0.2, 0) is 28.2 Å². The Morgan fingerprint density at radius 1 is 0.976 bits per heavy atom. The number of carboxylic acids is 1. The molecule has 0 radical (unpaired) electrons. The molecule has 0 spiro atoms. The van der Waals surface area contributed by atoms with Gasteiger partial charge in [-0.3, -0.25) is 10.1 Å². The van der Waals surface area contributed by atoms with E-state index in [9.17, 15) is 32.3 Å². The summed E-state index contributed by atoms with van der Waals surface area (Å²) < 4.78 is 60.8. The number of carboxylic acid groups (broad SMARTS) is 1. The highest BCUT2D eigenvalue weighted by molar-refractivity contribution is 5.91. The van der Waals surface area contributed by atoms with Gasteiger partial charge in [0.1, 0.15) is 11.9 Å². The number of carbonyl (C=O) groups is 2. The number of amides is 1. The zero-order valence-electron chi connectivity index (χ0n) is 22.1. The quantitative estimate of drug-likeness (QED) is 0.223. The van der Waals surface area contributed by atoms with Gasteiger partial charge in [0.05, 0.1) is 16.5 Å². The fourth-order valence-corrected chi connectivity index (χ4v) is 4.90. The van der Waals surface area contributed by atoms with Gasteiger partial charge in [0, 0.05) is 13.2 Å². The number of alkyl halides is 3. The number of aliphatic carboxylic acids is 1. The lowest BCUT2D eigenvalue weighted by atomic mass is 9.93. The first kappa shape index (κ1) is 27.9. The minimum atomic E-state index is -4.54. The predicted octanol–water partition coefficient (Wildman–Crippen LogP) is 7.94. The van der Waals surface area contributed by atoms with Crippen molar-refractivity contribution in [3.05, 3.63) is 102 Å². The van der Waals surface area contributed by atoms with Crippen molar-refractivity contribution < 1.29 is 37.0 Å².